The van der Waals surface area contributed by atoms with Crippen molar-refractivity contribution < 1.29 is 33.4 Å². The summed E-state index contributed by atoms with van der Waals surface area (Å²) in [5, 5.41) is 9.18. The lowest BCUT2D eigenvalue weighted by atomic mass is 9.87. The summed E-state index contributed by atoms with van der Waals surface area (Å²) in [4.78, 5) is 93.5. The van der Waals surface area contributed by atoms with Gasteiger partial charge in [-0.15, -0.1) is 0 Å². The maximum atomic E-state index is 13.7. The van der Waals surface area contributed by atoms with Crippen molar-refractivity contribution in [3.05, 3.63) is 75.2 Å². The third kappa shape index (κ3) is 8.36. The number of likely N-dealkylation sites (N-methyl/N-ethyl adjacent to an activating group) is 1. The fourth-order valence-corrected chi connectivity index (χ4v) is 9.60. The molecule has 0 spiro atoms. The molecule has 18 nitrogen and oxygen atoms in total. The number of piperidine rings is 2. The van der Waals surface area contributed by atoms with Gasteiger partial charge >= 0.3 is 0 Å². The lowest BCUT2D eigenvalue weighted by Crippen LogP contribution is -2.56. The van der Waals surface area contributed by atoms with E-state index in [1.54, 1.807) is 29.0 Å². The SMILES string of the molecule is CNC(=O)COc1cc2cc(Nc3nc(N4CCC(OC5CC(N6CCN(c7cccc8c7C(=O)N([C@@H]7CCC(=O)NC7=O)C8=O)CC6)C5)CC4)ncc3Cl)ccc2n(C(C)C)c1=O. The molecular weight excluding hydrogens is 844 g/mol. The van der Waals surface area contributed by atoms with Gasteiger partial charge < -0.3 is 34.5 Å². The molecule has 0 unspecified atom stereocenters. The standard InChI is InChI=1S/C45H51ClN10O8/c1-25(2)55-33-8-7-27(19-26(33)20-36(43(55)61)63-24-38(58)47-3)49-40-32(46)23-48-45(51-40)54-13-11-29(12-14-54)64-30-21-28(22-30)52-15-17-53(18-16-52)34-6-4-5-31-39(34)44(62)56(42(31)60)35-9-10-37(57)50-41(35)59/h4-8,19-20,23,25,28-30,35H,9-18,21-22,24H2,1-3H3,(H,47,58)(H,48,49,51)(H,50,57,59)/t28?,30?,35-/m1/s1. The van der Waals surface area contributed by atoms with E-state index in [1.165, 1.54) is 7.05 Å². The highest BCUT2D eigenvalue weighted by Crippen LogP contribution is 2.37. The minimum absolute atomic E-state index is 0.0795. The van der Waals surface area contributed by atoms with Gasteiger partial charge in [-0.25, -0.2) is 4.98 Å². The third-order valence-corrected chi connectivity index (χ3v) is 13.2. The number of amides is 5. The van der Waals surface area contributed by atoms with E-state index in [0.29, 0.717) is 58.4 Å². The fourth-order valence-electron chi connectivity index (χ4n) is 9.46. The van der Waals surface area contributed by atoms with Crippen LogP contribution in [0, 0.1) is 0 Å². The average Bonchev–Trinajstić information content (AvgIpc) is 3.53. The van der Waals surface area contributed by atoms with Crippen molar-refractivity contribution >= 4 is 75.2 Å². The first-order valence-electron chi connectivity index (χ1n) is 21.9. The number of hydrogen-bond donors (Lipinski definition) is 3. The highest BCUT2D eigenvalue weighted by molar-refractivity contribution is 6.33. The van der Waals surface area contributed by atoms with Crippen LogP contribution in [0.25, 0.3) is 10.9 Å². The van der Waals surface area contributed by atoms with Crippen molar-refractivity contribution in [1.82, 2.24) is 35.0 Å². The normalized spacial score (nSPS) is 21.9. The topological polar surface area (TPSA) is 201 Å². The molecule has 4 aromatic rings. The second-order valence-electron chi connectivity index (χ2n) is 17.2. The number of rotatable bonds is 12. The van der Waals surface area contributed by atoms with Crippen molar-refractivity contribution in [3.63, 3.8) is 0 Å². The van der Waals surface area contributed by atoms with E-state index in [0.717, 1.165) is 67.7 Å². The van der Waals surface area contributed by atoms with Crippen LogP contribution in [-0.4, -0.2) is 131 Å². The molecule has 2 aromatic heterocycles. The minimum Gasteiger partial charge on any atom is -0.478 e. The Morgan fingerprint density at radius 2 is 1.69 bits per heavy atom. The van der Waals surface area contributed by atoms with E-state index in [-0.39, 0.29) is 54.9 Å². The molecule has 1 atom stereocenters. The monoisotopic (exact) mass is 894 g/mol. The smallest absolute Gasteiger partial charge is 0.293 e. The molecule has 19 heteroatoms. The van der Waals surface area contributed by atoms with Gasteiger partial charge in [-0.2, -0.15) is 4.98 Å². The summed E-state index contributed by atoms with van der Waals surface area (Å²) in [7, 11) is 1.51. The second kappa shape index (κ2) is 17.8. The average molecular weight is 895 g/mol. The van der Waals surface area contributed by atoms with Gasteiger partial charge in [-0.3, -0.25) is 43.9 Å². The number of imide groups is 2. The van der Waals surface area contributed by atoms with Crippen molar-refractivity contribution in [1.29, 1.82) is 0 Å². The lowest BCUT2D eigenvalue weighted by Gasteiger charge is -2.47. The lowest BCUT2D eigenvalue weighted by molar-refractivity contribution is -0.136. The summed E-state index contributed by atoms with van der Waals surface area (Å²) in [6.07, 6.45) is 5.71. The van der Waals surface area contributed by atoms with Gasteiger partial charge in [0.2, 0.25) is 17.8 Å². The third-order valence-electron chi connectivity index (χ3n) is 12.9. The molecule has 5 aliphatic rings. The molecule has 4 aliphatic heterocycles. The van der Waals surface area contributed by atoms with Gasteiger partial charge in [0.05, 0.1) is 40.7 Å². The number of fused-ring (bicyclic) bond motifs is 2. The van der Waals surface area contributed by atoms with E-state index in [4.69, 9.17) is 26.1 Å². The Morgan fingerprint density at radius 3 is 2.41 bits per heavy atom. The predicted octanol–water partition coefficient (Wildman–Crippen LogP) is 3.63. The number of carbonyl (C=O) groups is 5. The Balaban J connectivity index is 0.757. The Hall–Kier alpha value is -6.11. The number of ether oxygens (including phenoxy) is 2. The number of nitrogens with zero attached hydrogens (tertiary/aromatic N) is 7. The van der Waals surface area contributed by atoms with Gasteiger partial charge in [0.25, 0.3) is 23.3 Å². The number of aromatic nitrogens is 3. The van der Waals surface area contributed by atoms with Crippen LogP contribution in [0.4, 0.5) is 23.1 Å². The summed E-state index contributed by atoms with van der Waals surface area (Å²) in [6, 6.07) is 11.8. The summed E-state index contributed by atoms with van der Waals surface area (Å²) in [5.74, 6) is -1.23. The molecule has 0 radical (unpaired) electrons. The molecule has 2 aromatic carbocycles. The second-order valence-corrected chi connectivity index (χ2v) is 17.7. The predicted molar refractivity (Wildman–Crippen MR) is 239 cm³/mol. The zero-order valence-electron chi connectivity index (χ0n) is 36.0. The maximum Gasteiger partial charge on any atom is 0.293 e. The molecule has 1 saturated carbocycles. The van der Waals surface area contributed by atoms with Crippen LogP contribution in [-0.2, 0) is 19.1 Å². The number of nitrogens with one attached hydrogen (secondary N) is 3. The van der Waals surface area contributed by atoms with Crippen LogP contribution >= 0.6 is 11.6 Å². The molecule has 5 amide bonds. The van der Waals surface area contributed by atoms with Gasteiger partial charge in [0.1, 0.15) is 11.1 Å². The number of hydrogen-bond acceptors (Lipinski definition) is 14. The largest absolute Gasteiger partial charge is 0.478 e. The highest BCUT2D eigenvalue weighted by atomic mass is 35.5. The number of pyridine rings is 1. The maximum absolute atomic E-state index is 13.7. The number of benzene rings is 2. The zero-order valence-corrected chi connectivity index (χ0v) is 36.7. The Morgan fingerprint density at radius 1 is 0.922 bits per heavy atom. The van der Waals surface area contributed by atoms with Gasteiger partial charge in [-0.1, -0.05) is 17.7 Å². The van der Waals surface area contributed by atoms with Crippen molar-refractivity contribution in [2.24, 2.45) is 0 Å². The summed E-state index contributed by atoms with van der Waals surface area (Å²) < 4.78 is 13.8. The number of carbonyl (C=O) groups excluding carboxylic acids is 5. The van der Waals surface area contributed by atoms with Gasteiger partial charge in [0.15, 0.2) is 18.2 Å². The van der Waals surface area contributed by atoms with Crippen LogP contribution in [0.5, 0.6) is 5.75 Å². The number of anilines is 4. The van der Waals surface area contributed by atoms with E-state index in [1.807, 2.05) is 38.1 Å². The summed E-state index contributed by atoms with van der Waals surface area (Å²) in [5.41, 5.74) is 2.44. The molecule has 0 bridgehead atoms. The zero-order chi connectivity index (χ0) is 44.8. The number of halogens is 1. The molecular formula is C45H51ClN10O8. The summed E-state index contributed by atoms with van der Waals surface area (Å²) in [6.45, 7) is 8.04. The van der Waals surface area contributed by atoms with Crippen LogP contribution in [0.15, 0.2) is 53.5 Å². The molecule has 336 valence electrons. The highest BCUT2D eigenvalue weighted by Gasteiger charge is 2.46. The molecule has 9 rings (SSSR count). The van der Waals surface area contributed by atoms with E-state index in [2.05, 4.69) is 35.6 Å². The van der Waals surface area contributed by atoms with Crippen molar-refractivity contribution in [2.75, 3.05) is 68.0 Å². The Kier molecular flexibility index (Phi) is 12.0. The van der Waals surface area contributed by atoms with Gasteiger partial charge in [0, 0.05) is 75.9 Å². The first kappa shape index (κ1) is 43.2. The van der Waals surface area contributed by atoms with Crippen LogP contribution in [0.1, 0.15) is 79.1 Å². The molecule has 3 saturated heterocycles. The minimum atomic E-state index is -0.995. The van der Waals surface area contributed by atoms with Crippen molar-refractivity contribution in [3.8, 4) is 5.75 Å². The van der Waals surface area contributed by atoms with E-state index in [9.17, 15) is 28.8 Å². The van der Waals surface area contributed by atoms with E-state index < -0.39 is 29.7 Å². The van der Waals surface area contributed by atoms with Crippen molar-refractivity contribution in [2.45, 2.75) is 82.7 Å². The Bertz CT molecular complexity index is 2580. The molecule has 64 heavy (non-hydrogen) atoms. The first-order valence-corrected chi connectivity index (χ1v) is 22.3. The van der Waals surface area contributed by atoms with Gasteiger partial charge in [-0.05, 0) is 82.3 Å². The quantitative estimate of drug-likeness (QED) is 0.174. The van der Waals surface area contributed by atoms with Crippen LogP contribution in [0.2, 0.25) is 5.02 Å². The first-order chi connectivity index (χ1) is 30.9. The van der Waals surface area contributed by atoms with Crippen LogP contribution < -0.4 is 36.0 Å². The fraction of sp³-hybridized carbons (Fsp3) is 0.467. The molecule has 6 heterocycles. The van der Waals surface area contributed by atoms with Crippen LogP contribution in [0.3, 0.4) is 0 Å². The molecule has 1 aliphatic carbocycles. The molecule has 3 N–H and O–H groups in total. The van der Waals surface area contributed by atoms with E-state index >= 15 is 0 Å². The Labute approximate surface area is 374 Å². The molecule has 4 fully saturated rings. The summed E-state index contributed by atoms with van der Waals surface area (Å²) >= 11 is 6.59. The number of piperazine rings is 1.